The molecule has 0 radical (unpaired) electrons. The minimum atomic E-state index is -4.71. The number of aromatic nitrogens is 2. The molecule has 0 fully saturated rings. The molecule has 1 aromatic rings. The lowest BCUT2D eigenvalue weighted by Crippen LogP contribution is -2.29. The van der Waals surface area contributed by atoms with E-state index in [-0.39, 0.29) is 5.56 Å². The van der Waals surface area contributed by atoms with Gasteiger partial charge in [-0.3, -0.25) is 4.68 Å². The Balaban J connectivity index is 2.78. The highest BCUT2D eigenvalue weighted by molar-refractivity contribution is 5.40. The van der Waals surface area contributed by atoms with Crippen molar-refractivity contribution < 1.29 is 22.0 Å². The third-order valence-electron chi connectivity index (χ3n) is 3.23. The molecule has 1 heterocycles. The number of fused-ring (bicyclic) bond motifs is 1. The van der Waals surface area contributed by atoms with Gasteiger partial charge >= 0.3 is 6.18 Å². The Morgan fingerprint density at radius 1 is 1.21 bits per heavy atom. The van der Waals surface area contributed by atoms with Gasteiger partial charge in [-0.15, -0.1) is 0 Å². The molecule has 1 aliphatic rings. The quantitative estimate of drug-likeness (QED) is 0.650. The fourth-order valence-corrected chi connectivity index (χ4v) is 2.53. The lowest BCUT2D eigenvalue weighted by atomic mass is 10.0. The highest BCUT2D eigenvalue weighted by Gasteiger charge is 2.54. The van der Waals surface area contributed by atoms with Crippen molar-refractivity contribution in [3.8, 4) is 0 Å². The largest absolute Gasteiger partial charge is 0.435 e. The van der Waals surface area contributed by atoms with Gasteiger partial charge in [-0.05, 0) is 26.7 Å². The van der Waals surface area contributed by atoms with E-state index in [9.17, 15) is 22.0 Å². The van der Waals surface area contributed by atoms with Crippen LogP contribution in [-0.4, -0.2) is 9.78 Å². The van der Waals surface area contributed by atoms with Crippen LogP contribution in [0.2, 0.25) is 0 Å². The molecule has 0 bridgehead atoms. The molecule has 1 aromatic heterocycles. The molecule has 0 amide bonds. The van der Waals surface area contributed by atoms with Crippen molar-refractivity contribution in [2.45, 2.75) is 57.7 Å². The number of hydrogen-bond donors (Lipinski definition) is 0. The van der Waals surface area contributed by atoms with E-state index in [0.29, 0.717) is 0 Å². The molecule has 0 unspecified atom stereocenters. The van der Waals surface area contributed by atoms with E-state index in [4.69, 9.17) is 0 Å². The maximum absolute atomic E-state index is 14.0. The van der Waals surface area contributed by atoms with E-state index < -0.39 is 41.4 Å². The molecular weight excluding hydrogens is 267 g/mol. The van der Waals surface area contributed by atoms with E-state index >= 15 is 0 Å². The molecule has 1 atom stereocenters. The van der Waals surface area contributed by atoms with Gasteiger partial charge < -0.3 is 0 Å². The first kappa shape index (κ1) is 14.3. The summed E-state index contributed by atoms with van der Waals surface area (Å²) in [6.45, 7) is 6.04. The van der Waals surface area contributed by atoms with Crippen molar-refractivity contribution in [3.05, 3.63) is 17.0 Å². The molecule has 7 heteroatoms. The monoisotopic (exact) mass is 282 g/mol. The number of rotatable bonds is 0. The Morgan fingerprint density at radius 3 is 2.16 bits per heavy atom. The summed E-state index contributed by atoms with van der Waals surface area (Å²) in [4.78, 5) is 0. The van der Waals surface area contributed by atoms with E-state index in [1.807, 2.05) is 0 Å². The van der Waals surface area contributed by atoms with Crippen LogP contribution in [0.25, 0.3) is 0 Å². The normalized spacial score (nSPS) is 22.7. The fourth-order valence-electron chi connectivity index (χ4n) is 2.53. The number of hydrogen-bond acceptors (Lipinski definition) is 1. The first-order chi connectivity index (χ1) is 8.36. The van der Waals surface area contributed by atoms with Gasteiger partial charge in [0, 0.05) is 12.0 Å². The van der Waals surface area contributed by atoms with Gasteiger partial charge in [0.2, 0.25) is 0 Å². The average Bonchev–Trinajstić information content (AvgIpc) is 2.62. The molecule has 19 heavy (non-hydrogen) atoms. The Morgan fingerprint density at radius 2 is 1.74 bits per heavy atom. The van der Waals surface area contributed by atoms with E-state index in [2.05, 4.69) is 5.10 Å². The smallest absolute Gasteiger partial charge is 0.257 e. The zero-order chi connectivity index (χ0) is 14.8. The van der Waals surface area contributed by atoms with E-state index in [1.54, 1.807) is 20.8 Å². The second-order valence-electron chi connectivity index (χ2n) is 6.00. The van der Waals surface area contributed by atoms with Gasteiger partial charge in [-0.25, -0.2) is 0 Å². The minimum Gasteiger partial charge on any atom is -0.257 e. The van der Waals surface area contributed by atoms with Crippen LogP contribution in [0.5, 0.6) is 0 Å². The summed E-state index contributed by atoms with van der Waals surface area (Å²) in [5.41, 5.74) is -3.05. The summed E-state index contributed by atoms with van der Waals surface area (Å²) >= 11 is 0. The van der Waals surface area contributed by atoms with Crippen LogP contribution in [0.15, 0.2) is 0 Å². The van der Waals surface area contributed by atoms with Crippen molar-refractivity contribution in [2.24, 2.45) is 0 Å². The van der Waals surface area contributed by atoms with Crippen molar-refractivity contribution >= 4 is 0 Å². The third-order valence-corrected chi connectivity index (χ3v) is 3.23. The van der Waals surface area contributed by atoms with Crippen LogP contribution >= 0.6 is 0 Å². The van der Waals surface area contributed by atoms with Crippen LogP contribution in [0.1, 0.15) is 57.0 Å². The molecule has 0 saturated carbocycles. The first-order valence-electron chi connectivity index (χ1n) is 5.94. The number of halogens is 5. The Labute approximate surface area is 107 Å². The third kappa shape index (κ3) is 2.12. The Hall–Kier alpha value is -1.14. The van der Waals surface area contributed by atoms with Gasteiger partial charge in [-0.2, -0.15) is 27.1 Å². The summed E-state index contributed by atoms with van der Waals surface area (Å²) in [6, 6.07) is 0. The standard InChI is InChI=1S/C12H15F5N2/c1-6-5-11(13,14)9-7(6)8(12(15,16)17)18-19(9)10(2,3)4/h6H,5H2,1-4H3/t6-/m1/s1. The molecular formula is C12H15F5N2. The Kier molecular flexibility index (Phi) is 2.78. The lowest BCUT2D eigenvalue weighted by Gasteiger charge is -2.24. The van der Waals surface area contributed by atoms with Crippen molar-refractivity contribution in [1.82, 2.24) is 9.78 Å². The fraction of sp³-hybridized carbons (Fsp3) is 0.750. The highest BCUT2D eigenvalue weighted by Crippen LogP contribution is 2.52. The molecule has 2 rings (SSSR count). The molecule has 2 nitrogen and oxygen atoms in total. The molecule has 0 N–H and O–H groups in total. The summed E-state index contributed by atoms with van der Waals surface area (Å²) in [5.74, 6) is -4.11. The van der Waals surface area contributed by atoms with Crippen LogP contribution in [0.4, 0.5) is 22.0 Å². The van der Waals surface area contributed by atoms with Crippen LogP contribution in [-0.2, 0) is 17.6 Å². The van der Waals surface area contributed by atoms with Crippen molar-refractivity contribution in [3.63, 3.8) is 0 Å². The number of nitrogens with zero attached hydrogens (tertiary/aromatic N) is 2. The summed E-state index contributed by atoms with van der Waals surface area (Å²) in [5, 5.41) is 3.43. The van der Waals surface area contributed by atoms with Crippen molar-refractivity contribution in [1.29, 1.82) is 0 Å². The van der Waals surface area contributed by atoms with Crippen LogP contribution < -0.4 is 0 Å². The lowest BCUT2D eigenvalue weighted by molar-refractivity contribution is -0.142. The summed E-state index contributed by atoms with van der Waals surface area (Å²) < 4.78 is 67.6. The first-order valence-corrected chi connectivity index (χ1v) is 5.94. The maximum atomic E-state index is 14.0. The molecule has 1 aliphatic carbocycles. The highest BCUT2D eigenvalue weighted by atomic mass is 19.4. The van der Waals surface area contributed by atoms with Crippen LogP contribution in [0, 0.1) is 0 Å². The van der Waals surface area contributed by atoms with Crippen LogP contribution in [0.3, 0.4) is 0 Å². The summed E-state index contributed by atoms with van der Waals surface area (Å²) in [7, 11) is 0. The van der Waals surface area contributed by atoms with E-state index in [0.717, 1.165) is 4.68 Å². The second kappa shape index (κ2) is 3.70. The van der Waals surface area contributed by atoms with Crippen molar-refractivity contribution in [2.75, 3.05) is 0 Å². The maximum Gasteiger partial charge on any atom is 0.435 e. The van der Waals surface area contributed by atoms with Gasteiger partial charge in [0.05, 0.1) is 5.54 Å². The molecule has 108 valence electrons. The molecule has 0 aliphatic heterocycles. The van der Waals surface area contributed by atoms with Gasteiger partial charge in [0.25, 0.3) is 5.92 Å². The molecule has 0 saturated heterocycles. The predicted molar refractivity (Wildman–Crippen MR) is 59.2 cm³/mol. The SMILES string of the molecule is C[C@@H]1CC(F)(F)c2c1c(C(F)(F)F)nn2C(C)(C)C. The topological polar surface area (TPSA) is 17.8 Å². The predicted octanol–water partition coefficient (Wildman–Crippen LogP) is 4.26. The zero-order valence-electron chi connectivity index (χ0n) is 11.1. The summed E-state index contributed by atoms with van der Waals surface area (Å²) in [6.07, 6.45) is -5.31. The zero-order valence-corrected chi connectivity index (χ0v) is 11.1. The molecule has 0 spiro atoms. The minimum absolute atomic E-state index is 0.354. The molecule has 0 aromatic carbocycles. The van der Waals surface area contributed by atoms with Gasteiger partial charge in [0.1, 0.15) is 5.69 Å². The van der Waals surface area contributed by atoms with Gasteiger partial charge in [0.15, 0.2) is 5.69 Å². The second-order valence-corrected chi connectivity index (χ2v) is 6.00. The average molecular weight is 282 g/mol. The Bertz CT molecular complexity index is 507. The number of alkyl halides is 5. The van der Waals surface area contributed by atoms with E-state index in [1.165, 1.54) is 6.92 Å². The van der Waals surface area contributed by atoms with Gasteiger partial charge in [-0.1, -0.05) is 6.92 Å².